The summed E-state index contributed by atoms with van der Waals surface area (Å²) in [7, 11) is -3.75. The molecule has 136 valence electrons. The number of sulfone groups is 1. The predicted octanol–water partition coefficient (Wildman–Crippen LogP) is 4.78. The molecule has 3 rings (SSSR count). The molecule has 0 saturated carbocycles. The Hall–Kier alpha value is -3.12. The molecule has 0 amide bonds. The minimum absolute atomic E-state index is 0.0313. The van der Waals surface area contributed by atoms with Gasteiger partial charge in [0.25, 0.3) is 0 Å². The Bertz CT molecular complexity index is 1120. The van der Waals surface area contributed by atoms with Gasteiger partial charge in [-0.3, -0.25) is 4.79 Å². The summed E-state index contributed by atoms with van der Waals surface area (Å²) in [4.78, 5) is 11.0. The molecule has 0 bridgehead atoms. The van der Waals surface area contributed by atoms with E-state index in [1.165, 1.54) is 48.5 Å². The first kappa shape index (κ1) is 18.7. The first-order chi connectivity index (χ1) is 12.9. The minimum atomic E-state index is -3.75. The van der Waals surface area contributed by atoms with Gasteiger partial charge in [0, 0.05) is 17.2 Å². The Morgan fingerprint density at radius 3 is 2.15 bits per heavy atom. The van der Waals surface area contributed by atoms with Gasteiger partial charge in [-0.05, 0) is 42.0 Å². The van der Waals surface area contributed by atoms with Gasteiger partial charge < -0.3 is 0 Å². The first-order valence-electron chi connectivity index (χ1n) is 7.94. The lowest BCUT2D eigenvalue weighted by molar-refractivity contribution is 0.112. The van der Waals surface area contributed by atoms with Crippen LogP contribution < -0.4 is 0 Å². The SMILES string of the molecule is O=Cc1cccc(S(=O)(=O)c2ccc(/C=C/c3ccc(F)cc3F)cc2)c1. The number of hydrogen-bond acceptors (Lipinski definition) is 3. The molecule has 0 unspecified atom stereocenters. The molecule has 3 aromatic carbocycles. The number of benzene rings is 3. The zero-order chi connectivity index (χ0) is 19.4. The molecule has 0 aliphatic rings. The Morgan fingerprint density at radius 2 is 1.48 bits per heavy atom. The van der Waals surface area contributed by atoms with Gasteiger partial charge in [0.1, 0.15) is 17.9 Å². The molecule has 0 fully saturated rings. The zero-order valence-corrected chi connectivity index (χ0v) is 14.8. The highest BCUT2D eigenvalue weighted by Gasteiger charge is 2.17. The smallest absolute Gasteiger partial charge is 0.206 e. The predicted molar refractivity (Wildman–Crippen MR) is 99.0 cm³/mol. The second-order valence-electron chi connectivity index (χ2n) is 5.76. The van der Waals surface area contributed by atoms with Gasteiger partial charge in [0.15, 0.2) is 0 Å². The van der Waals surface area contributed by atoms with Crippen LogP contribution in [0, 0.1) is 11.6 Å². The zero-order valence-electron chi connectivity index (χ0n) is 14.0. The van der Waals surface area contributed by atoms with Crippen molar-refractivity contribution in [2.24, 2.45) is 0 Å². The summed E-state index contributed by atoms with van der Waals surface area (Å²) in [6.45, 7) is 0. The Balaban J connectivity index is 1.86. The Morgan fingerprint density at radius 1 is 0.741 bits per heavy atom. The average molecular weight is 384 g/mol. The minimum Gasteiger partial charge on any atom is -0.298 e. The van der Waals surface area contributed by atoms with Crippen LogP contribution in [-0.2, 0) is 9.84 Å². The first-order valence-corrected chi connectivity index (χ1v) is 9.42. The largest absolute Gasteiger partial charge is 0.298 e. The molecule has 0 saturated heterocycles. The third-order valence-electron chi connectivity index (χ3n) is 3.91. The van der Waals surface area contributed by atoms with Crippen LogP contribution in [0.5, 0.6) is 0 Å². The topological polar surface area (TPSA) is 51.2 Å². The van der Waals surface area contributed by atoms with E-state index in [4.69, 9.17) is 0 Å². The average Bonchev–Trinajstić information content (AvgIpc) is 2.67. The molecule has 27 heavy (non-hydrogen) atoms. The van der Waals surface area contributed by atoms with Crippen molar-refractivity contribution < 1.29 is 22.0 Å². The van der Waals surface area contributed by atoms with Crippen molar-refractivity contribution in [3.63, 3.8) is 0 Å². The van der Waals surface area contributed by atoms with Gasteiger partial charge in [-0.25, -0.2) is 17.2 Å². The number of rotatable bonds is 5. The highest BCUT2D eigenvalue weighted by molar-refractivity contribution is 7.91. The van der Waals surface area contributed by atoms with Crippen LogP contribution in [0.15, 0.2) is 76.5 Å². The molecule has 3 nitrogen and oxygen atoms in total. The number of carbonyl (C=O) groups is 1. The summed E-state index contributed by atoms with van der Waals surface area (Å²) in [6.07, 6.45) is 3.66. The number of halogens is 2. The molecule has 0 radical (unpaired) electrons. The second kappa shape index (κ2) is 7.63. The number of carbonyl (C=O) groups excluding carboxylic acids is 1. The molecule has 0 aromatic heterocycles. The van der Waals surface area contributed by atoms with E-state index in [0.717, 1.165) is 12.1 Å². The van der Waals surface area contributed by atoms with Crippen LogP contribution in [0.2, 0.25) is 0 Å². The van der Waals surface area contributed by atoms with E-state index in [0.29, 0.717) is 11.8 Å². The van der Waals surface area contributed by atoms with Gasteiger partial charge in [-0.15, -0.1) is 0 Å². The van der Waals surface area contributed by atoms with Crippen LogP contribution >= 0.6 is 0 Å². The van der Waals surface area contributed by atoms with Gasteiger partial charge in [0.2, 0.25) is 9.84 Å². The fourth-order valence-corrected chi connectivity index (χ4v) is 3.79. The van der Waals surface area contributed by atoms with Crippen molar-refractivity contribution in [1.29, 1.82) is 0 Å². The van der Waals surface area contributed by atoms with E-state index >= 15 is 0 Å². The standard InChI is InChI=1S/C21H14F2O3S/c22-18-9-8-17(21(23)13-18)7-4-15-5-10-19(11-6-15)27(25,26)20-3-1-2-16(12-20)14-24/h1-14H/b7-4+. The fraction of sp³-hybridized carbons (Fsp3) is 0. The van der Waals surface area contributed by atoms with E-state index in [2.05, 4.69) is 0 Å². The number of aldehydes is 1. The maximum Gasteiger partial charge on any atom is 0.206 e. The molecule has 6 heteroatoms. The summed E-state index contributed by atoms with van der Waals surface area (Å²) >= 11 is 0. The van der Waals surface area contributed by atoms with Crippen molar-refractivity contribution in [3.05, 3.63) is 95.1 Å². The highest BCUT2D eigenvalue weighted by atomic mass is 32.2. The summed E-state index contributed by atoms with van der Waals surface area (Å²) in [6, 6.07) is 15.1. The van der Waals surface area contributed by atoms with Crippen LogP contribution in [0.25, 0.3) is 12.2 Å². The normalized spacial score (nSPS) is 11.6. The fourth-order valence-electron chi connectivity index (χ4n) is 2.47. The van der Waals surface area contributed by atoms with Gasteiger partial charge >= 0.3 is 0 Å². The monoisotopic (exact) mass is 384 g/mol. The van der Waals surface area contributed by atoms with Crippen molar-refractivity contribution in [3.8, 4) is 0 Å². The van der Waals surface area contributed by atoms with E-state index in [9.17, 15) is 22.0 Å². The molecule has 0 aliphatic heterocycles. The van der Waals surface area contributed by atoms with Crippen molar-refractivity contribution in [2.75, 3.05) is 0 Å². The lowest BCUT2D eigenvalue weighted by Gasteiger charge is -2.06. The third-order valence-corrected chi connectivity index (χ3v) is 5.68. The van der Waals surface area contributed by atoms with Gasteiger partial charge in [-0.1, -0.05) is 36.4 Å². The maximum atomic E-state index is 13.6. The summed E-state index contributed by atoms with van der Waals surface area (Å²) < 4.78 is 51.8. The van der Waals surface area contributed by atoms with Crippen molar-refractivity contribution in [2.45, 2.75) is 9.79 Å². The molecular weight excluding hydrogens is 370 g/mol. The van der Waals surface area contributed by atoms with Crippen molar-refractivity contribution in [1.82, 2.24) is 0 Å². The highest BCUT2D eigenvalue weighted by Crippen LogP contribution is 2.22. The molecule has 3 aromatic rings. The molecule has 0 heterocycles. The van der Waals surface area contributed by atoms with E-state index < -0.39 is 21.5 Å². The Kier molecular flexibility index (Phi) is 5.28. The quantitative estimate of drug-likeness (QED) is 0.470. The van der Waals surface area contributed by atoms with E-state index in [-0.39, 0.29) is 20.9 Å². The third kappa shape index (κ3) is 4.17. The van der Waals surface area contributed by atoms with E-state index in [1.54, 1.807) is 18.2 Å². The maximum absolute atomic E-state index is 13.6. The molecule has 0 aliphatic carbocycles. The van der Waals surface area contributed by atoms with Crippen LogP contribution in [0.1, 0.15) is 21.5 Å². The van der Waals surface area contributed by atoms with Gasteiger partial charge in [-0.2, -0.15) is 0 Å². The second-order valence-corrected chi connectivity index (χ2v) is 7.71. The van der Waals surface area contributed by atoms with Crippen LogP contribution in [0.4, 0.5) is 8.78 Å². The van der Waals surface area contributed by atoms with Gasteiger partial charge in [0.05, 0.1) is 9.79 Å². The molecule has 0 N–H and O–H groups in total. The lowest BCUT2D eigenvalue weighted by atomic mass is 10.1. The van der Waals surface area contributed by atoms with E-state index in [1.807, 2.05) is 0 Å². The lowest BCUT2D eigenvalue weighted by Crippen LogP contribution is -2.02. The van der Waals surface area contributed by atoms with Crippen LogP contribution in [0.3, 0.4) is 0 Å². The summed E-state index contributed by atoms with van der Waals surface area (Å²) in [5, 5.41) is 0. The molecule has 0 spiro atoms. The molecular formula is C21H14F2O3S. The summed E-state index contributed by atoms with van der Waals surface area (Å²) in [5.74, 6) is -1.33. The Labute approximate surface area is 155 Å². The molecule has 0 atom stereocenters. The van der Waals surface area contributed by atoms with Crippen LogP contribution in [-0.4, -0.2) is 14.7 Å². The number of hydrogen-bond donors (Lipinski definition) is 0. The van der Waals surface area contributed by atoms with Crippen molar-refractivity contribution >= 4 is 28.3 Å². The summed E-state index contributed by atoms with van der Waals surface area (Å²) in [5.41, 5.74) is 1.15.